The average molecular weight is 377 g/mol. The van der Waals surface area contributed by atoms with Crippen LogP contribution < -0.4 is 10.6 Å². The molecule has 1 aliphatic carbocycles. The second kappa shape index (κ2) is 7.92. The maximum Gasteiger partial charge on any atom is 0.338 e. The van der Waals surface area contributed by atoms with Crippen LogP contribution in [0.5, 0.6) is 0 Å². The van der Waals surface area contributed by atoms with Gasteiger partial charge in [0.1, 0.15) is 5.41 Å². The zero-order valence-electron chi connectivity index (χ0n) is 15.3. The van der Waals surface area contributed by atoms with E-state index >= 15 is 0 Å². The number of ether oxygens (including phenoxy) is 1. The highest BCUT2D eigenvalue weighted by atomic mass is 16.5. The molecule has 0 heterocycles. The van der Waals surface area contributed by atoms with Crippen LogP contribution in [0, 0.1) is 16.7 Å². The van der Waals surface area contributed by atoms with Crippen LogP contribution in [0.3, 0.4) is 0 Å². The molecule has 3 rings (SSSR count). The Labute approximate surface area is 162 Å². The van der Waals surface area contributed by atoms with E-state index in [0.29, 0.717) is 35.3 Å². The smallest absolute Gasteiger partial charge is 0.338 e. The van der Waals surface area contributed by atoms with Gasteiger partial charge in [-0.15, -0.1) is 0 Å². The van der Waals surface area contributed by atoms with E-state index in [1.165, 1.54) is 0 Å². The van der Waals surface area contributed by atoms with Crippen molar-refractivity contribution in [1.29, 1.82) is 5.26 Å². The quantitative estimate of drug-likeness (QED) is 0.594. The molecule has 0 saturated heterocycles. The molecule has 0 radical (unpaired) electrons. The van der Waals surface area contributed by atoms with E-state index in [-0.39, 0.29) is 18.4 Å². The highest BCUT2D eigenvalue weighted by molar-refractivity contribution is 6.17. The van der Waals surface area contributed by atoms with E-state index in [9.17, 15) is 14.4 Å². The Morgan fingerprint density at radius 1 is 0.964 bits per heavy atom. The number of rotatable bonds is 6. The van der Waals surface area contributed by atoms with Crippen molar-refractivity contribution in [3.05, 3.63) is 59.7 Å². The summed E-state index contributed by atoms with van der Waals surface area (Å²) in [6.07, 6.45) is 0.920. The number of carbonyl (C=O) groups is 3. The first-order valence-corrected chi connectivity index (χ1v) is 8.89. The normalized spacial score (nSPS) is 13.7. The summed E-state index contributed by atoms with van der Waals surface area (Å²) in [7, 11) is 0. The predicted molar refractivity (Wildman–Crippen MR) is 102 cm³/mol. The lowest BCUT2D eigenvalue weighted by Crippen LogP contribution is -2.35. The first-order chi connectivity index (χ1) is 13.5. The van der Waals surface area contributed by atoms with Crippen molar-refractivity contribution in [2.45, 2.75) is 19.8 Å². The molecule has 2 aromatic rings. The Morgan fingerprint density at radius 3 is 1.89 bits per heavy atom. The van der Waals surface area contributed by atoms with Crippen molar-refractivity contribution < 1.29 is 19.1 Å². The second-order valence-corrected chi connectivity index (χ2v) is 6.48. The summed E-state index contributed by atoms with van der Waals surface area (Å²) in [5.41, 5.74) is 0.799. The molecule has 1 saturated carbocycles. The minimum atomic E-state index is -1.10. The van der Waals surface area contributed by atoms with E-state index in [0.717, 1.165) is 0 Å². The van der Waals surface area contributed by atoms with Gasteiger partial charge in [0.2, 0.25) is 11.8 Å². The van der Waals surface area contributed by atoms with Crippen LogP contribution >= 0.6 is 0 Å². The summed E-state index contributed by atoms with van der Waals surface area (Å²) in [5.74, 6) is -1.19. The largest absolute Gasteiger partial charge is 0.462 e. The van der Waals surface area contributed by atoms with E-state index in [2.05, 4.69) is 10.6 Å². The highest BCUT2D eigenvalue weighted by Crippen LogP contribution is 2.47. The Bertz CT molecular complexity index is 939. The Kier molecular flexibility index (Phi) is 5.41. The molecule has 2 amide bonds. The number of nitrogens with one attached hydrogen (secondary N) is 2. The first-order valence-electron chi connectivity index (χ1n) is 8.89. The van der Waals surface area contributed by atoms with Gasteiger partial charge in [0.25, 0.3) is 0 Å². The number of nitrogens with zero attached hydrogens (tertiary/aromatic N) is 1. The van der Waals surface area contributed by atoms with Gasteiger partial charge in [0.15, 0.2) is 0 Å². The molecule has 0 spiro atoms. The molecule has 142 valence electrons. The van der Waals surface area contributed by atoms with Gasteiger partial charge in [-0.3, -0.25) is 9.59 Å². The lowest BCUT2D eigenvalue weighted by Gasteiger charge is -2.15. The van der Waals surface area contributed by atoms with Gasteiger partial charge in [0, 0.05) is 11.4 Å². The third-order valence-corrected chi connectivity index (χ3v) is 4.55. The van der Waals surface area contributed by atoms with Gasteiger partial charge >= 0.3 is 5.97 Å². The van der Waals surface area contributed by atoms with Crippen molar-refractivity contribution in [3.8, 4) is 6.07 Å². The fraction of sp³-hybridized carbons (Fsp3) is 0.238. The fourth-order valence-electron chi connectivity index (χ4n) is 2.72. The van der Waals surface area contributed by atoms with E-state index in [1.54, 1.807) is 55.5 Å². The molecule has 0 bridgehead atoms. The summed E-state index contributed by atoms with van der Waals surface area (Å²) in [4.78, 5) is 36.9. The molecular formula is C21H19N3O4. The topological polar surface area (TPSA) is 108 Å². The molecule has 0 aliphatic heterocycles. The number of carbonyl (C=O) groups excluding carboxylic acids is 3. The third kappa shape index (κ3) is 4.01. The Hall–Kier alpha value is -3.66. The van der Waals surface area contributed by atoms with Gasteiger partial charge in [0.05, 0.1) is 23.8 Å². The summed E-state index contributed by atoms with van der Waals surface area (Å²) in [6, 6.07) is 14.8. The van der Waals surface area contributed by atoms with Crippen LogP contribution in [0.15, 0.2) is 48.5 Å². The van der Waals surface area contributed by atoms with Crippen molar-refractivity contribution in [2.75, 3.05) is 17.2 Å². The number of nitriles is 1. The minimum Gasteiger partial charge on any atom is -0.462 e. The van der Waals surface area contributed by atoms with Gasteiger partial charge in [-0.25, -0.2) is 4.79 Å². The molecule has 28 heavy (non-hydrogen) atoms. The van der Waals surface area contributed by atoms with Crippen molar-refractivity contribution in [2.24, 2.45) is 5.41 Å². The molecule has 1 aliphatic rings. The van der Waals surface area contributed by atoms with Gasteiger partial charge in [-0.2, -0.15) is 5.26 Å². The SMILES string of the molecule is CCOC(=O)c1ccc(NC(=O)C2(C(=O)Nc3ccc(C#N)cc3)CC2)cc1. The molecule has 0 aromatic heterocycles. The van der Waals surface area contributed by atoms with Crippen LogP contribution in [-0.2, 0) is 14.3 Å². The van der Waals surface area contributed by atoms with Crippen LogP contribution in [0.1, 0.15) is 35.7 Å². The number of hydrogen-bond donors (Lipinski definition) is 2. The predicted octanol–water partition coefficient (Wildman–Crippen LogP) is 3.09. The molecular weight excluding hydrogens is 358 g/mol. The standard InChI is InChI=1S/C21H19N3O4/c1-2-28-18(25)15-5-9-17(10-6-15)24-20(27)21(11-12-21)19(26)23-16-7-3-14(13-22)4-8-16/h3-10H,2,11-12H2,1H3,(H,23,26)(H,24,27). The van der Waals surface area contributed by atoms with Gasteiger partial charge < -0.3 is 15.4 Å². The zero-order valence-corrected chi connectivity index (χ0v) is 15.3. The molecule has 7 nitrogen and oxygen atoms in total. The van der Waals surface area contributed by atoms with Crippen LogP contribution in [0.25, 0.3) is 0 Å². The molecule has 0 unspecified atom stereocenters. The number of anilines is 2. The van der Waals surface area contributed by atoms with Crippen molar-refractivity contribution in [3.63, 3.8) is 0 Å². The maximum atomic E-state index is 12.6. The van der Waals surface area contributed by atoms with Crippen LogP contribution in [0.2, 0.25) is 0 Å². The zero-order chi connectivity index (χ0) is 20.1. The van der Waals surface area contributed by atoms with Crippen molar-refractivity contribution >= 4 is 29.2 Å². The molecule has 2 aromatic carbocycles. The Balaban J connectivity index is 1.63. The van der Waals surface area contributed by atoms with E-state index < -0.39 is 11.4 Å². The summed E-state index contributed by atoms with van der Waals surface area (Å²) < 4.78 is 4.92. The molecule has 2 N–H and O–H groups in total. The Morgan fingerprint density at radius 2 is 1.46 bits per heavy atom. The van der Waals surface area contributed by atoms with Crippen LogP contribution in [0.4, 0.5) is 11.4 Å². The summed E-state index contributed by atoms with van der Waals surface area (Å²) in [6.45, 7) is 2.01. The maximum absolute atomic E-state index is 12.6. The van der Waals surface area contributed by atoms with Crippen molar-refractivity contribution in [1.82, 2.24) is 0 Å². The van der Waals surface area contributed by atoms with E-state index in [4.69, 9.17) is 10.00 Å². The second-order valence-electron chi connectivity index (χ2n) is 6.48. The van der Waals surface area contributed by atoms with Crippen LogP contribution in [-0.4, -0.2) is 24.4 Å². The minimum absolute atomic E-state index is 0.286. The van der Waals surface area contributed by atoms with Gasteiger partial charge in [-0.1, -0.05) is 0 Å². The molecule has 0 atom stereocenters. The first kappa shape index (κ1) is 19.1. The number of benzene rings is 2. The molecule has 7 heteroatoms. The highest BCUT2D eigenvalue weighted by Gasteiger charge is 2.56. The average Bonchev–Trinajstić information content (AvgIpc) is 3.51. The van der Waals surface area contributed by atoms with Gasteiger partial charge in [-0.05, 0) is 68.3 Å². The number of amides is 2. The summed E-state index contributed by atoms with van der Waals surface area (Å²) >= 11 is 0. The third-order valence-electron chi connectivity index (χ3n) is 4.55. The lowest BCUT2D eigenvalue weighted by atomic mass is 10.0. The monoisotopic (exact) mass is 377 g/mol. The van der Waals surface area contributed by atoms with E-state index in [1.807, 2.05) is 6.07 Å². The number of esters is 1. The molecule has 1 fully saturated rings. The lowest BCUT2D eigenvalue weighted by molar-refractivity contribution is -0.131. The number of hydrogen-bond acceptors (Lipinski definition) is 5. The fourth-order valence-corrected chi connectivity index (χ4v) is 2.72. The summed E-state index contributed by atoms with van der Waals surface area (Å²) in [5, 5.41) is 14.3.